The Hall–Kier alpha value is -1.58. The molecule has 17 heavy (non-hydrogen) atoms. The fourth-order valence-electron chi connectivity index (χ4n) is 2.63. The van der Waals surface area contributed by atoms with Gasteiger partial charge in [-0.2, -0.15) is 0 Å². The summed E-state index contributed by atoms with van der Waals surface area (Å²) >= 11 is 0. The highest BCUT2D eigenvalue weighted by Gasteiger charge is 2.15. The van der Waals surface area contributed by atoms with Gasteiger partial charge in [0.15, 0.2) is 0 Å². The van der Waals surface area contributed by atoms with Crippen LogP contribution in [0.1, 0.15) is 32.1 Å². The summed E-state index contributed by atoms with van der Waals surface area (Å²) in [7, 11) is 2.01. The van der Waals surface area contributed by atoms with Crippen LogP contribution in [0.4, 0.5) is 5.82 Å². The van der Waals surface area contributed by atoms with Crippen LogP contribution in [-0.2, 0) is 7.05 Å². The predicted molar refractivity (Wildman–Crippen MR) is 69.0 cm³/mol. The average molecular weight is 230 g/mol. The molecule has 2 aromatic heterocycles. The topological polar surface area (TPSA) is 42.7 Å². The number of fused-ring (bicyclic) bond motifs is 1. The first kappa shape index (κ1) is 10.6. The Bertz CT molecular complexity index is 511. The van der Waals surface area contributed by atoms with Crippen molar-refractivity contribution in [2.45, 2.75) is 38.1 Å². The van der Waals surface area contributed by atoms with Crippen molar-refractivity contribution in [1.29, 1.82) is 0 Å². The fourth-order valence-corrected chi connectivity index (χ4v) is 2.63. The first-order valence-corrected chi connectivity index (χ1v) is 6.37. The van der Waals surface area contributed by atoms with Gasteiger partial charge in [0.2, 0.25) is 0 Å². The van der Waals surface area contributed by atoms with Gasteiger partial charge < -0.3 is 9.88 Å². The second-order valence-electron chi connectivity index (χ2n) is 4.87. The van der Waals surface area contributed by atoms with Gasteiger partial charge in [-0.25, -0.2) is 9.97 Å². The van der Waals surface area contributed by atoms with Gasteiger partial charge in [-0.05, 0) is 18.9 Å². The first-order valence-electron chi connectivity index (χ1n) is 6.37. The van der Waals surface area contributed by atoms with Gasteiger partial charge in [0, 0.05) is 19.3 Å². The summed E-state index contributed by atoms with van der Waals surface area (Å²) in [5.74, 6) is 0.988. The van der Waals surface area contributed by atoms with E-state index in [9.17, 15) is 0 Å². The van der Waals surface area contributed by atoms with Crippen LogP contribution in [0.5, 0.6) is 0 Å². The van der Waals surface area contributed by atoms with E-state index in [1.165, 1.54) is 32.1 Å². The van der Waals surface area contributed by atoms with Gasteiger partial charge in [-0.15, -0.1) is 0 Å². The van der Waals surface area contributed by atoms with Gasteiger partial charge >= 0.3 is 0 Å². The van der Waals surface area contributed by atoms with Crippen molar-refractivity contribution in [3.63, 3.8) is 0 Å². The standard InChI is InChI=1S/C13H18N4/c1-17-8-7-11-12(14-9-15-13(11)17)16-10-5-3-2-4-6-10/h7-10H,2-6H2,1H3,(H,14,15,16). The van der Waals surface area contributed by atoms with E-state index < -0.39 is 0 Å². The third-order valence-corrected chi connectivity index (χ3v) is 3.61. The molecule has 4 nitrogen and oxygen atoms in total. The average Bonchev–Trinajstić information content (AvgIpc) is 2.74. The summed E-state index contributed by atoms with van der Waals surface area (Å²) in [6.45, 7) is 0. The van der Waals surface area contributed by atoms with Crippen molar-refractivity contribution in [2.24, 2.45) is 7.05 Å². The van der Waals surface area contributed by atoms with E-state index in [0.29, 0.717) is 6.04 Å². The van der Waals surface area contributed by atoms with Gasteiger partial charge in [0.25, 0.3) is 0 Å². The van der Waals surface area contributed by atoms with Crippen LogP contribution in [0.25, 0.3) is 11.0 Å². The second kappa shape index (κ2) is 4.35. The molecule has 1 fully saturated rings. The van der Waals surface area contributed by atoms with Gasteiger partial charge in [-0.3, -0.25) is 0 Å². The lowest BCUT2D eigenvalue weighted by Gasteiger charge is -2.23. The van der Waals surface area contributed by atoms with Crippen molar-refractivity contribution >= 4 is 16.9 Å². The van der Waals surface area contributed by atoms with E-state index in [1.807, 2.05) is 17.8 Å². The molecular weight excluding hydrogens is 212 g/mol. The summed E-state index contributed by atoms with van der Waals surface area (Å²) in [4.78, 5) is 8.69. The molecule has 0 aliphatic heterocycles. The number of hydrogen-bond acceptors (Lipinski definition) is 3. The van der Waals surface area contributed by atoms with Crippen LogP contribution >= 0.6 is 0 Å². The Kier molecular flexibility index (Phi) is 2.71. The third-order valence-electron chi connectivity index (χ3n) is 3.61. The summed E-state index contributed by atoms with van der Waals surface area (Å²) in [6, 6.07) is 2.67. The van der Waals surface area contributed by atoms with Crippen LogP contribution in [0, 0.1) is 0 Å². The lowest BCUT2D eigenvalue weighted by molar-refractivity contribution is 0.462. The minimum atomic E-state index is 0.585. The van der Waals surface area contributed by atoms with Gasteiger partial charge in [0.1, 0.15) is 17.8 Å². The van der Waals surface area contributed by atoms with E-state index in [2.05, 4.69) is 21.4 Å². The Labute approximate surface area is 101 Å². The molecule has 0 saturated heterocycles. The normalized spacial score (nSPS) is 17.5. The molecule has 0 bridgehead atoms. The smallest absolute Gasteiger partial charge is 0.145 e. The summed E-state index contributed by atoms with van der Waals surface area (Å²) in [5, 5.41) is 4.70. The van der Waals surface area contributed by atoms with E-state index in [1.54, 1.807) is 6.33 Å². The number of aryl methyl sites for hydroxylation is 1. The van der Waals surface area contributed by atoms with E-state index in [0.717, 1.165) is 16.9 Å². The van der Waals surface area contributed by atoms with Crippen molar-refractivity contribution in [3.8, 4) is 0 Å². The zero-order chi connectivity index (χ0) is 11.7. The van der Waals surface area contributed by atoms with Gasteiger partial charge in [-0.1, -0.05) is 19.3 Å². The molecule has 1 aliphatic carbocycles. The van der Waals surface area contributed by atoms with Crippen LogP contribution in [-0.4, -0.2) is 20.6 Å². The van der Waals surface area contributed by atoms with Crippen LogP contribution in [0.3, 0.4) is 0 Å². The zero-order valence-corrected chi connectivity index (χ0v) is 10.2. The van der Waals surface area contributed by atoms with Gasteiger partial charge in [0.05, 0.1) is 5.39 Å². The summed E-state index contributed by atoms with van der Waals surface area (Å²) in [6.07, 6.45) is 10.2. The molecule has 4 heteroatoms. The quantitative estimate of drug-likeness (QED) is 0.862. The van der Waals surface area contributed by atoms with E-state index in [-0.39, 0.29) is 0 Å². The van der Waals surface area contributed by atoms with Crippen molar-refractivity contribution < 1.29 is 0 Å². The molecule has 90 valence electrons. The van der Waals surface area contributed by atoms with E-state index in [4.69, 9.17) is 0 Å². The number of anilines is 1. The Morgan fingerprint density at radius 1 is 1.24 bits per heavy atom. The monoisotopic (exact) mass is 230 g/mol. The van der Waals surface area contributed by atoms with Crippen molar-refractivity contribution in [1.82, 2.24) is 14.5 Å². The van der Waals surface area contributed by atoms with Crippen molar-refractivity contribution in [3.05, 3.63) is 18.6 Å². The fraction of sp³-hybridized carbons (Fsp3) is 0.538. The molecule has 0 amide bonds. The number of rotatable bonds is 2. The predicted octanol–water partition coefficient (Wildman–Crippen LogP) is 2.71. The van der Waals surface area contributed by atoms with Crippen molar-refractivity contribution in [2.75, 3.05) is 5.32 Å². The first-order chi connectivity index (χ1) is 8.34. The number of aromatic nitrogens is 3. The minimum Gasteiger partial charge on any atom is -0.367 e. The Morgan fingerprint density at radius 3 is 2.88 bits per heavy atom. The second-order valence-corrected chi connectivity index (χ2v) is 4.87. The molecule has 1 saturated carbocycles. The molecule has 0 spiro atoms. The molecule has 1 aliphatic rings. The molecule has 3 rings (SSSR count). The maximum absolute atomic E-state index is 4.38. The lowest BCUT2D eigenvalue weighted by atomic mass is 9.95. The Balaban J connectivity index is 1.89. The molecule has 0 unspecified atom stereocenters. The number of hydrogen-bond donors (Lipinski definition) is 1. The molecule has 2 aromatic rings. The third kappa shape index (κ3) is 1.99. The molecule has 1 N–H and O–H groups in total. The largest absolute Gasteiger partial charge is 0.367 e. The van der Waals surface area contributed by atoms with Crippen LogP contribution in [0.15, 0.2) is 18.6 Å². The SMILES string of the molecule is Cn1ccc2c(NC3CCCCC3)ncnc21. The van der Waals surface area contributed by atoms with E-state index >= 15 is 0 Å². The van der Waals surface area contributed by atoms with Crippen LogP contribution < -0.4 is 5.32 Å². The maximum atomic E-state index is 4.38. The summed E-state index contributed by atoms with van der Waals surface area (Å²) in [5.41, 5.74) is 0.998. The molecular formula is C13H18N4. The number of nitrogens with zero attached hydrogens (tertiary/aromatic N) is 3. The zero-order valence-electron chi connectivity index (χ0n) is 10.2. The highest BCUT2D eigenvalue weighted by molar-refractivity contribution is 5.87. The molecule has 0 aromatic carbocycles. The molecule has 0 radical (unpaired) electrons. The van der Waals surface area contributed by atoms with Crippen LogP contribution in [0.2, 0.25) is 0 Å². The highest BCUT2D eigenvalue weighted by Crippen LogP contribution is 2.24. The molecule has 0 atom stereocenters. The molecule has 2 heterocycles. The lowest BCUT2D eigenvalue weighted by Crippen LogP contribution is -2.22. The number of nitrogens with one attached hydrogen (secondary N) is 1. The summed E-state index contributed by atoms with van der Waals surface area (Å²) < 4.78 is 2.03. The maximum Gasteiger partial charge on any atom is 0.145 e. The highest BCUT2D eigenvalue weighted by atomic mass is 15.1. The Morgan fingerprint density at radius 2 is 2.06 bits per heavy atom. The minimum absolute atomic E-state index is 0.585.